The zero-order valence-electron chi connectivity index (χ0n) is 17.9. The minimum atomic E-state index is -4.12. The molecule has 0 aliphatic rings. The van der Waals surface area contributed by atoms with Gasteiger partial charge in [-0.15, -0.1) is 0 Å². The highest BCUT2D eigenvalue weighted by Crippen LogP contribution is 2.29. The minimum absolute atomic E-state index is 0.0543. The van der Waals surface area contributed by atoms with Crippen LogP contribution in [0.15, 0.2) is 53.6 Å². The maximum absolute atomic E-state index is 13.6. The average Bonchev–Trinajstić information content (AvgIpc) is 2.76. The van der Waals surface area contributed by atoms with E-state index in [0.717, 1.165) is 23.3 Å². The molecule has 3 aromatic rings. The predicted molar refractivity (Wildman–Crippen MR) is 118 cm³/mol. The number of carbonyl (C=O) groups is 1. The molecule has 0 fully saturated rings. The number of para-hydroxylation sites is 1. The van der Waals surface area contributed by atoms with E-state index in [1.165, 1.54) is 32.5 Å². The summed E-state index contributed by atoms with van der Waals surface area (Å²) < 4.78 is 52.6. The summed E-state index contributed by atoms with van der Waals surface area (Å²) in [6.45, 7) is 3.56. The Morgan fingerprint density at radius 3 is 2.34 bits per heavy atom. The van der Waals surface area contributed by atoms with Crippen LogP contribution in [0.3, 0.4) is 0 Å². The van der Waals surface area contributed by atoms with Crippen molar-refractivity contribution in [1.82, 2.24) is 4.98 Å². The monoisotopic (exact) mass is 459 g/mol. The SMILES string of the molecule is COc1ccc(F)cc1C(=O)Nc1cnc(OC)c(S(=O)(=O)Nc2c(C)cccc2C)c1. The van der Waals surface area contributed by atoms with E-state index in [-0.39, 0.29) is 27.8 Å². The zero-order valence-corrected chi connectivity index (χ0v) is 18.7. The average molecular weight is 459 g/mol. The van der Waals surface area contributed by atoms with E-state index < -0.39 is 21.7 Å². The van der Waals surface area contributed by atoms with Crippen molar-refractivity contribution < 1.29 is 27.1 Å². The number of benzene rings is 2. The van der Waals surface area contributed by atoms with Crippen LogP contribution in [-0.2, 0) is 10.0 Å². The summed E-state index contributed by atoms with van der Waals surface area (Å²) in [6.07, 6.45) is 1.24. The van der Waals surface area contributed by atoms with Crippen molar-refractivity contribution in [1.29, 1.82) is 0 Å². The number of halogens is 1. The van der Waals surface area contributed by atoms with E-state index in [4.69, 9.17) is 9.47 Å². The number of nitrogens with one attached hydrogen (secondary N) is 2. The van der Waals surface area contributed by atoms with Gasteiger partial charge in [-0.1, -0.05) is 18.2 Å². The van der Waals surface area contributed by atoms with Crippen LogP contribution in [0.2, 0.25) is 0 Å². The Morgan fingerprint density at radius 1 is 1.03 bits per heavy atom. The van der Waals surface area contributed by atoms with Gasteiger partial charge in [0.25, 0.3) is 15.9 Å². The van der Waals surface area contributed by atoms with Gasteiger partial charge in [0.1, 0.15) is 11.6 Å². The van der Waals surface area contributed by atoms with E-state index >= 15 is 0 Å². The highest BCUT2D eigenvalue weighted by Gasteiger charge is 2.24. The fourth-order valence-electron chi connectivity index (χ4n) is 3.07. The summed E-state index contributed by atoms with van der Waals surface area (Å²) in [7, 11) is -1.48. The normalized spacial score (nSPS) is 11.0. The Kier molecular flexibility index (Phi) is 6.64. The Hall–Kier alpha value is -3.66. The molecule has 0 unspecified atom stereocenters. The van der Waals surface area contributed by atoms with Gasteiger partial charge in [-0.05, 0) is 49.2 Å². The van der Waals surface area contributed by atoms with Gasteiger partial charge in [0.15, 0.2) is 4.90 Å². The molecule has 3 rings (SSSR count). The maximum atomic E-state index is 13.6. The minimum Gasteiger partial charge on any atom is -0.496 e. The molecule has 1 aromatic heterocycles. The molecule has 0 spiro atoms. The van der Waals surface area contributed by atoms with Crippen LogP contribution in [-0.4, -0.2) is 33.5 Å². The smallest absolute Gasteiger partial charge is 0.267 e. The number of aromatic nitrogens is 1. The van der Waals surface area contributed by atoms with Crippen LogP contribution in [0.25, 0.3) is 0 Å². The van der Waals surface area contributed by atoms with Crippen molar-refractivity contribution in [2.45, 2.75) is 18.7 Å². The Labute approximate surface area is 185 Å². The lowest BCUT2D eigenvalue weighted by Gasteiger charge is -2.16. The van der Waals surface area contributed by atoms with Gasteiger partial charge < -0.3 is 14.8 Å². The van der Waals surface area contributed by atoms with E-state index in [1.54, 1.807) is 26.0 Å². The molecular weight excluding hydrogens is 437 g/mol. The Bertz CT molecular complexity index is 1260. The van der Waals surface area contributed by atoms with Gasteiger partial charge in [0.05, 0.1) is 37.4 Å². The van der Waals surface area contributed by atoms with Crippen molar-refractivity contribution in [3.8, 4) is 11.6 Å². The van der Waals surface area contributed by atoms with Gasteiger partial charge >= 0.3 is 0 Å². The first kappa shape index (κ1) is 23.0. The molecule has 1 amide bonds. The first-order valence-electron chi connectivity index (χ1n) is 9.44. The van der Waals surface area contributed by atoms with Crippen molar-refractivity contribution in [2.75, 3.05) is 24.3 Å². The number of amides is 1. The number of aryl methyl sites for hydroxylation is 2. The van der Waals surface area contributed by atoms with E-state index in [2.05, 4.69) is 15.0 Å². The second-order valence-electron chi connectivity index (χ2n) is 6.90. The maximum Gasteiger partial charge on any atom is 0.267 e. The van der Waals surface area contributed by atoms with Crippen molar-refractivity contribution in [3.05, 3.63) is 71.2 Å². The molecule has 0 saturated carbocycles. The number of sulfonamides is 1. The van der Waals surface area contributed by atoms with Crippen molar-refractivity contribution in [3.63, 3.8) is 0 Å². The topological polar surface area (TPSA) is 107 Å². The number of nitrogens with zero attached hydrogens (tertiary/aromatic N) is 1. The van der Waals surface area contributed by atoms with Crippen LogP contribution in [0.4, 0.5) is 15.8 Å². The molecule has 10 heteroatoms. The Morgan fingerprint density at radius 2 is 1.72 bits per heavy atom. The van der Waals surface area contributed by atoms with E-state index in [1.807, 2.05) is 6.07 Å². The number of anilines is 2. The second kappa shape index (κ2) is 9.23. The predicted octanol–water partition coefficient (Wildman–Crippen LogP) is 3.91. The summed E-state index contributed by atoms with van der Waals surface area (Å²) in [4.78, 5) is 16.4. The third-order valence-electron chi connectivity index (χ3n) is 4.68. The van der Waals surface area contributed by atoms with Crippen LogP contribution in [0.1, 0.15) is 21.5 Å². The molecule has 0 radical (unpaired) electrons. The quantitative estimate of drug-likeness (QED) is 0.555. The lowest BCUT2D eigenvalue weighted by molar-refractivity contribution is 0.102. The molecule has 1 heterocycles. The number of carbonyl (C=O) groups excluding carboxylic acids is 1. The first-order chi connectivity index (χ1) is 15.2. The highest BCUT2D eigenvalue weighted by molar-refractivity contribution is 7.92. The van der Waals surface area contributed by atoms with Gasteiger partial charge in [-0.25, -0.2) is 17.8 Å². The van der Waals surface area contributed by atoms with Crippen molar-refractivity contribution >= 4 is 27.3 Å². The number of hydrogen-bond acceptors (Lipinski definition) is 6. The van der Waals surface area contributed by atoms with Gasteiger partial charge in [0.2, 0.25) is 5.88 Å². The van der Waals surface area contributed by atoms with Crippen LogP contribution in [0, 0.1) is 19.7 Å². The molecule has 0 atom stereocenters. The zero-order chi connectivity index (χ0) is 23.5. The molecule has 2 N–H and O–H groups in total. The van der Waals surface area contributed by atoms with E-state index in [0.29, 0.717) is 5.69 Å². The number of pyridine rings is 1. The van der Waals surface area contributed by atoms with Gasteiger partial charge in [0, 0.05) is 0 Å². The fraction of sp³-hybridized carbons (Fsp3) is 0.182. The molecule has 8 nitrogen and oxygen atoms in total. The summed E-state index contributed by atoms with van der Waals surface area (Å²) in [6, 6.07) is 10.1. The molecule has 0 saturated heterocycles. The second-order valence-corrected chi connectivity index (χ2v) is 8.55. The Balaban J connectivity index is 1.97. The number of hydrogen-bond donors (Lipinski definition) is 2. The van der Waals surface area contributed by atoms with Crippen LogP contribution in [0.5, 0.6) is 11.6 Å². The standard InChI is InChI=1S/C22H22FN3O5S/c1-13-6-5-7-14(2)20(13)26-32(28,29)19-11-16(12-24-22(19)31-4)25-21(27)17-10-15(23)8-9-18(17)30-3/h5-12,26H,1-4H3,(H,25,27). The van der Waals surface area contributed by atoms with Crippen LogP contribution < -0.4 is 19.5 Å². The van der Waals surface area contributed by atoms with Gasteiger partial charge in [-0.2, -0.15) is 0 Å². The third kappa shape index (κ3) is 4.80. The lowest BCUT2D eigenvalue weighted by Crippen LogP contribution is -2.18. The van der Waals surface area contributed by atoms with E-state index in [9.17, 15) is 17.6 Å². The highest BCUT2D eigenvalue weighted by atomic mass is 32.2. The van der Waals surface area contributed by atoms with Crippen molar-refractivity contribution in [2.24, 2.45) is 0 Å². The summed E-state index contributed by atoms with van der Waals surface area (Å²) >= 11 is 0. The number of rotatable bonds is 7. The molecule has 32 heavy (non-hydrogen) atoms. The number of ether oxygens (including phenoxy) is 2. The summed E-state index contributed by atoms with van der Waals surface area (Å²) in [5.41, 5.74) is 1.94. The molecular formula is C22H22FN3O5S. The third-order valence-corrected chi connectivity index (χ3v) is 6.03. The first-order valence-corrected chi connectivity index (χ1v) is 10.9. The van der Waals surface area contributed by atoms with Crippen LogP contribution >= 0.6 is 0 Å². The largest absolute Gasteiger partial charge is 0.496 e. The molecule has 0 bridgehead atoms. The number of methoxy groups -OCH3 is 2. The molecule has 2 aromatic carbocycles. The summed E-state index contributed by atoms with van der Waals surface area (Å²) in [5.74, 6) is -1.30. The molecule has 0 aliphatic carbocycles. The summed E-state index contributed by atoms with van der Waals surface area (Å²) in [5, 5.41) is 2.51. The molecule has 168 valence electrons. The fourth-order valence-corrected chi connectivity index (χ4v) is 4.42. The lowest BCUT2D eigenvalue weighted by atomic mass is 10.1. The molecule has 0 aliphatic heterocycles. The van der Waals surface area contributed by atoms with Gasteiger partial charge in [-0.3, -0.25) is 9.52 Å².